The van der Waals surface area contributed by atoms with Gasteiger partial charge in [-0.15, -0.1) is 11.3 Å². The molecule has 9 nitrogen and oxygen atoms in total. The summed E-state index contributed by atoms with van der Waals surface area (Å²) in [5, 5.41) is 46.5. The van der Waals surface area contributed by atoms with E-state index < -0.39 is 58.0 Å². The molecule has 1 aromatic carbocycles. The van der Waals surface area contributed by atoms with Crippen molar-refractivity contribution in [2.24, 2.45) is 17.6 Å². The van der Waals surface area contributed by atoms with Gasteiger partial charge in [-0.2, -0.15) is 0 Å². The highest BCUT2D eigenvalue weighted by Gasteiger charge is 2.64. The third-order valence-corrected chi connectivity index (χ3v) is 8.76. The number of carbonyl (C=O) groups is 3. The minimum atomic E-state index is -2.64. The van der Waals surface area contributed by atoms with E-state index in [0.29, 0.717) is 5.56 Å². The molecule has 0 radical (unpaired) electrons. The van der Waals surface area contributed by atoms with Crippen LogP contribution in [0.4, 0.5) is 0 Å². The maximum Gasteiger partial charge on any atom is 0.255 e. The number of benzene rings is 1. The Kier molecular flexibility index (Phi) is 5.40. The molecule has 1 fully saturated rings. The number of likely N-dealkylation sites (N-methyl/N-ethyl adjacent to an activating group) is 1. The Bertz CT molecular complexity index is 1420. The average Bonchev–Trinajstić information content (AvgIpc) is 3.21. The molecule has 5 rings (SSSR count). The number of nitrogens with two attached hydrogens (primary N) is 1. The largest absolute Gasteiger partial charge is 0.508 e. The van der Waals surface area contributed by atoms with Crippen LogP contribution in [0.2, 0.25) is 0 Å². The molecule has 1 saturated carbocycles. The number of aromatic hydroxyl groups is 1. The van der Waals surface area contributed by atoms with Gasteiger partial charge in [-0.3, -0.25) is 19.3 Å². The minimum absolute atomic E-state index is 0.0598. The minimum Gasteiger partial charge on any atom is -0.508 e. The number of hydrogen-bond donors (Lipinski definition) is 5. The number of ketones is 2. The molecule has 6 N–H and O–H groups in total. The summed E-state index contributed by atoms with van der Waals surface area (Å²) in [6.45, 7) is 1.96. The van der Waals surface area contributed by atoms with E-state index >= 15 is 0 Å². The predicted octanol–water partition coefficient (Wildman–Crippen LogP) is 2.00. The van der Waals surface area contributed by atoms with Crippen molar-refractivity contribution >= 4 is 34.6 Å². The van der Waals surface area contributed by atoms with Gasteiger partial charge in [0, 0.05) is 16.4 Å². The third kappa shape index (κ3) is 3.04. The molecule has 2 unspecified atom stereocenters. The second-order valence-electron chi connectivity index (χ2n) is 9.88. The van der Waals surface area contributed by atoms with Crippen LogP contribution in [-0.2, 0) is 20.8 Å². The molecule has 0 spiro atoms. The molecule has 2 aromatic rings. The van der Waals surface area contributed by atoms with Crippen molar-refractivity contribution in [3.8, 4) is 16.2 Å². The summed E-state index contributed by atoms with van der Waals surface area (Å²) >= 11 is 1.52. The molecule has 3 aliphatic rings. The lowest BCUT2D eigenvalue weighted by atomic mass is 9.57. The third-order valence-electron chi connectivity index (χ3n) is 7.71. The van der Waals surface area contributed by atoms with Crippen LogP contribution in [0.5, 0.6) is 5.75 Å². The smallest absolute Gasteiger partial charge is 0.255 e. The number of phenolic OH excluding ortho intramolecular Hbond substituents is 1. The fourth-order valence-corrected chi connectivity index (χ4v) is 7.09. The summed E-state index contributed by atoms with van der Waals surface area (Å²) in [7, 11) is 3.15. The second kappa shape index (κ2) is 8.02. The highest BCUT2D eigenvalue weighted by Crippen LogP contribution is 2.54. The lowest BCUT2D eigenvalue weighted by Crippen LogP contribution is -2.65. The first-order valence-electron chi connectivity index (χ1n) is 11.4. The van der Waals surface area contributed by atoms with Gasteiger partial charge in [0.1, 0.15) is 22.8 Å². The zero-order valence-electron chi connectivity index (χ0n) is 19.9. The summed E-state index contributed by atoms with van der Waals surface area (Å²) in [6, 6.07) is 4.07. The number of aliphatic hydroxyl groups is 3. The van der Waals surface area contributed by atoms with Gasteiger partial charge in [0.05, 0.1) is 11.6 Å². The van der Waals surface area contributed by atoms with Crippen LogP contribution >= 0.6 is 11.3 Å². The molecule has 1 aromatic heterocycles. The van der Waals surface area contributed by atoms with Gasteiger partial charge in [-0.05, 0) is 80.0 Å². The van der Waals surface area contributed by atoms with Crippen LogP contribution in [0.25, 0.3) is 16.2 Å². The molecule has 3 aliphatic carbocycles. The topological polar surface area (TPSA) is 161 Å². The highest BCUT2D eigenvalue weighted by molar-refractivity contribution is 7.13. The van der Waals surface area contributed by atoms with E-state index in [1.807, 2.05) is 18.4 Å². The van der Waals surface area contributed by atoms with Gasteiger partial charge in [0.25, 0.3) is 5.91 Å². The van der Waals surface area contributed by atoms with Crippen molar-refractivity contribution in [1.82, 2.24) is 4.90 Å². The first-order valence-corrected chi connectivity index (χ1v) is 12.3. The Balaban J connectivity index is 1.76. The van der Waals surface area contributed by atoms with Gasteiger partial charge in [-0.1, -0.05) is 0 Å². The van der Waals surface area contributed by atoms with E-state index in [1.165, 1.54) is 22.3 Å². The zero-order valence-corrected chi connectivity index (χ0v) is 20.7. The Labute approximate surface area is 210 Å². The number of aryl methyl sites for hydroxylation is 1. The molecule has 36 heavy (non-hydrogen) atoms. The lowest BCUT2D eigenvalue weighted by molar-refractivity contribution is -0.153. The first-order chi connectivity index (χ1) is 16.9. The summed E-state index contributed by atoms with van der Waals surface area (Å²) in [5.41, 5.74) is 4.32. The van der Waals surface area contributed by atoms with E-state index in [1.54, 1.807) is 20.2 Å². The van der Waals surface area contributed by atoms with Gasteiger partial charge in [0.15, 0.2) is 11.4 Å². The average molecular weight is 511 g/mol. The number of phenols is 1. The van der Waals surface area contributed by atoms with E-state index in [2.05, 4.69) is 0 Å². The molecule has 1 amide bonds. The molecule has 0 aliphatic heterocycles. The Hall–Kier alpha value is -3.47. The molecule has 0 bridgehead atoms. The number of Topliss-reactive ketones (excluding diaryl/α,β-unsaturated/α-hetero) is 2. The van der Waals surface area contributed by atoms with Gasteiger partial charge >= 0.3 is 0 Å². The molecule has 188 valence electrons. The summed E-state index contributed by atoms with van der Waals surface area (Å²) in [5.74, 6) is -6.55. The van der Waals surface area contributed by atoms with E-state index in [0.717, 1.165) is 16.0 Å². The lowest BCUT2D eigenvalue weighted by Gasteiger charge is -2.50. The Morgan fingerprint density at radius 2 is 1.86 bits per heavy atom. The van der Waals surface area contributed by atoms with Gasteiger partial charge < -0.3 is 26.2 Å². The van der Waals surface area contributed by atoms with Crippen molar-refractivity contribution in [3.63, 3.8) is 0 Å². The molecule has 10 heteroatoms. The van der Waals surface area contributed by atoms with Crippen LogP contribution in [0.15, 0.2) is 40.5 Å². The van der Waals surface area contributed by atoms with Crippen molar-refractivity contribution in [2.75, 3.05) is 14.1 Å². The van der Waals surface area contributed by atoms with Crippen LogP contribution in [-0.4, -0.2) is 68.5 Å². The number of thiophene rings is 1. The monoisotopic (exact) mass is 510 g/mol. The normalized spacial score (nSPS) is 27.8. The fraction of sp³-hybridized carbons (Fsp3) is 0.346. The molecule has 0 saturated heterocycles. The van der Waals surface area contributed by atoms with Crippen molar-refractivity contribution in [2.45, 2.75) is 31.4 Å². The Morgan fingerprint density at radius 1 is 1.17 bits per heavy atom. The summed E-state index contributed by atoms with van der Waals surface area (Å²) < 4.78 is 0. The quantitative estimate of drug-likeness (QED) is 0.392. The highest BCUT2D eigenvalue weighted by atomic mass is 32.1. The maximum absolute atomic E-state index is 13.8. The number of aliphatic hydroxyl groups excluding tert-OH is 2. The first kappa shape index (κ1) is 24.2. The fourth-order valence-electron chi connectivity index (χ4n) is 6.11. The standard InChI is InChI=1S/C26H26N2O7S/c1-10-6-7-36-22(10)12-4-5-15(29)17-13(12)8-11-9-14-19(28(2)3)21(31)18(25(27)34)24(33)26(14,35)23(32)16(11)20(17)30/h4-7,11,14,19,29-30,33,35H,8-9H2,1-3H3,(H2,27,34)/t11?,14?,19-,26-/m0/s1. The molecular weight excluding hydrogens is 484 g/mol. The number of fused-ring (bicyclic) bond motifs is 3. The zero-order chi connectivity index (χ0) is 26.3. The van der Waals surface area contributed by atoms with Crippen LogP contribution in [0.1, 0.15) is 23.1 Å². The van der Waals surface area contributed by atoms with Crippen molar-refractivity contribution in [1.29, 1.82) is 0 Å². The maximum atomic E-state index is 13.8. The number of nitrogens with zero attached hydrogens (tertiary/aromatic N) is 1. The van der Waals surface area contributed by atoms with E-state index in [-0.39, 0.29) is 29.7 Å². The Morgan fingerprint density at radius 3 is 2.44 bits per heavy atom. The van der Waals surface area contributed by atoms with Gasteiger partial charge in [-0.25, -0.2) is 0 Å². The van der Waals surface area contributed by atoms with Crippen LogP contribution in [0, 0.1) is 18.8 Å². The van der Waals surface area contributed by atoms with Crippen molar-refractivity contribution in [3.05, 3.63) is 57.2 Å². The van der Waals surface area contributed by atoms with Crippen LogP contribution in [0.3, 0.4) is 0 Å². The number of hydrogen-bond acceptors (Lipinski definition) is 9. The number of rotatable bonds is 3. The van der Waals surface area contributed by atoms with E-state index in [9.17, 15) is 34.8 Å². The van der Waals surface area contributed by atoms with E-state index in [4.69, 9.17) is 5.73 Å². The second-order valence-corrected chi connectivity index (χ2v) is 10.8. The van der Waals surface area contributed by atoms with Crippen LogP contribution < -0.4 is 5.73 Å². The number of primary amides is 1. The van der Waals surface area contributed by atoms with Gasteiger partial charge in [0.2, 0.25) is 5.78 Å². The summed E-state index contributed by atoms with van der Waals surface area (Å²) in [6.07, 6.45) is 0.319. The number of amides is 1. The summed E-state index contributed by atoms with van der Waals surface area (Å²) in [4.78, 5) is 41.5. The number of carbonyl (C=O) groups excluding carboxylic acids is 3. The van der Waals surface area contributed by atoms with Crippen molar-refractivity contribution < 1.29 is 34.8 Å². The predicted molar refractivity (Wildman–Crippen MR) is 132 cm³/mol. The SMILES string of the molecule is Cc1ccsc1-c1ccc(O)c2c1CC1CC3[C@H](N(C)C)C(=O)C(C(N)=O)=C(O)[C@@]3(O)C(=O)C1=C2O. The molecule has 4 atom stereocenters. The molecular formula is C26H26N2O7S. The molecule has 1 heterocycles.